The van der Waals surface area contributed by atoms with E-state index in [1.54, 1.807) is 13.0 Å². The summed E-state index contributed by atoms with van der Waals surface area (Å²) in [6, 6.07) is 4.20. The summed E-state index contributed by atoms with van der Waals surface area (Å²) < 4.78 is 65.7. The Morgan fingerprint density at radius 3 is 2.31 bits per heavy atom. The molecule has 0 spiro atoms. The summed E-state index contributed by atoms with van der Waals surface area (Å²) in [6.45, 7) is 6.91. The van der Waals surface area contributed by atoms with Gasteiger partial charge in [0.05, 0.1) is 16.1 Å². The van der Waals surface area contributed by atoms with Gasteiger partial charge in [0.1, 0.15) is 12.4 Å². The second-order valence-electron chi connectivity index (χ2n) is 8.19. The van der Waals surface area contributed by atoms with E-state index in [4.69, 9.17) is 39.5 Å². The first-order valence-electron chi connectivity index (χ1n) is 9.00. The number of hydrogen-bond donors (Lipinski definition) is 2. The monoisotopic (exact) mass is 537 g/mol. The highest BCUT2D eigenvalue weighted by Crippen LogP contribution is 2.39. The molecule has 1 heterocycles. The number of rotatable bonds is 4. The average molecular weight is 539 g/mol. The van der Waals surface area contributed by atoms with E-state index in [1.165, 1.54) is 11.1 Å². The molecule has 1 amide bonds. The zero-order valence-corrected chi connectivity index (χ0v) is 20.4. The zero-order valence-electron chi connectivity index (χ0n) is 17.4. The van der Waals surface area contributed by atoms with Crippen molar-refractivity contribution in [2.75, 3.05) is 11.6 Å². The van der Waals surface area contributed by atoms with Crippen LogP contribution in [0.5, 0.6) is 0 Å². The minimum Gasteiger partial charge on any atom is -0.445 e. The summed E-state index contributed by atoms with van der Waals surface area (Å²) >= 11 is 16.7. The van der Waals surface area contributed by atoms with Crippen LogP contribution in [0.15, 0.2) is 41.1 Å². The number of amides is 1. The van der Waals surface area contributed by atoms with Crippen LogP contribution in [-0.4, -0.2) is 36.0 Å². The SMILES string of the molecule is CC(C)(C)C1(C)C=C(NC(=O)OCC(Cl)(Cl)Cl)N(c2cccc(S(=O)(=O)C(F)(F)F)c2)N1. The molecule has 7 nitrogen and oxygen atoms in total. The molecule has 32 heavy (non-hydrogen) atoms. The fourth-order valence-corrected chi connectivity index (χ4v) is 3.52. The van der Waals surface area contributed by atoms with Crippen LogP contribution in [0, 0.1) is 5.41 Å². The first-order chi connectivity index (χ1) is 14.3. The van der Waals surface area contributed by atoms with Crippen LogP contribution in [0.25, 0.3) is 0 Å². The number of alkyl halides is 6. The maximum atomic E-state index is 13.0. The number of anilines is 1. The summed E-state index contributed by atoms with van der Waals surface area (Å²) in [6.07, 6.45) is 0.626. The second-order valence-corrected chi connectivity index (χ2v) is 12.6. The summed E-state index contributed by atoms with van der Waals surface area (Å²) in [4.78, 5) is 11.2. The summed E-state index contributed by atoms with van der Waals surface area (Å²) in [5, 5.41) is 3.68. The number of hydrazine groups is 1. The van der Waals surface area contributed by atoms with Gasteiger partial charge in [-0.15, -0.1) is 0 Å². The van der Waals surface area contributed by atoms with Crippen LogP contribution in [0.1, 0.15) is 27.7 Å². The van der Waals surface area contributed by atoms with E-state index >= 15 is 0 Å². The number of sulfone groups is 1. The van der Waals surface area contributed by atoms with E-state index in [9.17, 15) is 26.4 Å². The van der Waals surface area contributed by atoms with Crippen LogP contribution in [0.4, 0.5) is 23.7 Å². The number of nitrogens with zero attached hydrogens (tertiary/aromatic N) is 1. The van der Waals surface area contributed by atoms with Crippen LogP contribution in [0.3, 0.4) is 0 Å². The first-order valence-corrected chi connectivity index (χ1v) is 11.6. The maximum absolute atomic E-state index is 13.0. The van der Waals surface area contributed by atoms with Gasteiger partial charge in [0.2, 0.25) is 3.79 Å². The zero-order chi connectivity index (χ0) is 24.8. The summed E-state index contributed by atoms with van der Waals surface area (Å²) in [7, 11) is -5.58. The molecule has 1 unspecified atom stereocenters. The Labute approximate surface area is 198 Å². The fourth-order valence-electron chi connectivity index (χ4n) is 2.55. The molecule has 180 valence electrons. The fraction of sp³-hybridized carbons (Fsp3) is 0.500. The van der Waals surface area contributed by atoms with Gasteiger partial charge in [-0.1, -0.05) is 61.6 Å². The highest BCUT2D eigenvalue weighted by molar-refractivity contribution is 7.92. The van der Waals surface area contributed by atoms with Crippen molar-refractivity contribution >= 4 is 56.4 Å². The first kappa shape index (κ1) is 26.8. The second kappa shape index (κ2) is 8.75. The Hall–Kier alpha value is -1.40. The molecule has 2 N–H and O–H groups in total. The van der Waals surface area contributed by atoms with Gasteiger partial charge in [0.25, 0.3) is 9.84 Å². The van der Waals surface area contributed by atoms with Gasteiger partial charge in [-0.05, 0) is 36.6 Å². The molecule has 2 rings (SSSR count). The van der Waals surface area contributed by atoms with Gasteiger partial charge in [-0.3, -0.25) is 10.3 Å². The van der Waals surface area contributed by atoms with E-state index in [-0.39, 0.29) is 11.5 Å². The Morgan fingerprint density at radius 2 is 1.81 bits per heavy atom. The Kier molecular flexibility index (Phi) is 7.34. The van der Waals surface area contributed by atoms with E-state index in [2.05, 4.69) is 10.7 Å². The average Bonchev–Trinajstić information content (AvgIpc) is 2.96. The molecule has 14 heteroatoms. The number of carbonyl (C=O) groups is 1. The summed E-state index contributed by atoms with van der Waals surface area (Å²) in [5.74, 6) is 0.0818. The van der Waals surface area contributed by atoms with Crippen molar-refractivity contribution in [3.8, 4) is 0 Å². The number of ether oxygens (including phenoxy) is 1. The van der Waals surface area contributed by atoms with Crippen LogP contribution in [-0.2, 0) is 14.6 Å². The molecule has 1 aromatic carbocycles. The van der Waals surface area contributed by atoms with Crippen molar-refractivity contribution in [3.05, 3.63) is 36.2 Å². The van der Waals surface area contributed by atoms with Gasteiger partial charge in [-0.2, -0.15) is 13.2 Å². The van der Waals surface area contributed by atoms with Crippen LogP contribution < -0.4 is 15.8 Å². The third kappa shape index (κ3) is 5.93. The molecule has 0 radical (unpaired) electrons. The molecule has 0 saturated heterocycles. The number of benzene rings is 1. The molecule has 1 aliphatic heterocycles. The molecule has 1 aliphatic rings. The standard InChI is InChI=1S/C18H21Cl3F3N3O4S/c1-15(2,3)16(4)9-13(25-14(28)31-10-17(19,20)21)27(26-16)11-6-5-7-12(8-11)32(29,30)18(22,23)24/h5-9,26H,10H2,1-4H3,(H,25,28). The van der Waals surface area contributed by atoms with Crippen molar-refractivity contribution in [2.45, 2.75) is 47.4 Å². The number of carbonyl (C=O) groups excluding carboxylic acids is 1. The van der Waals surface area contributed by atoms with E-state index < -0.39 is 47.7 Å². The van der Waals surface area contributed by atoms with Crippen molar-refractivity contribution in [3.63, 3.8) is 0 Å². The van der Waals surface area contributed by atoms with Gasteiger partial charge in [-0.25, -0.2) is 18.6 Å². The number of hydrogen-bond acceptors (Lipinski definition) is 6. The topological polar surface area (TPSA) is 87.7 Å². The molecule has 0 bridgehead atoms. The predicted molar refractivity (Wildman–Crippen MR) is 116 cm³/mol. The minimum absolute atomic E-state index is 0.0243. The maximum Gasteiger partial charge on any atom is 0.501 e. The third-order valence-corrected chi connectivity index (χ3v) is 6.67. The van der Waals surface area contributed by atoms with Gasteiger partial charge >= 0.3 is 11.6 Å². The predicted octanol–water partition coefficient (Wildman–Crippen LogP) is 5.05. The normalized spacial score (nSPS) is 20.2. The molecular weight excluding hydrogens is 518 g/mol. The van der Waals surface area contributed by atoms with Crippen molar-refractivity contribution in [1.29, 1.82) is 0 Å². The lowest BCUT2D eigenvalue weighted by atomic mass is 9.76. The van der Waals surface area contributed by atoms with Crippen molar-refractivity contribution < 1.29 is 31.1 Å². The summed E-state index contributed by atoms with van der Waals surface area (Å²) in [5.41, 5.74) is -3.60. The van der Waals surface area contributed by atoms with Gasteiger partial charge in [0, 0.05) is 0 Å². The highest BCUT2D eigenvalue weighted by Gasteiger charge is 2.48. The van der Waals surface area contributed by atoms with Gasteiger partial charge in [0.15, 0.2) is 0 Å². The molecule has 0 aliphatic carbocycles. The minimum atomic E-state index is -5.58. The van der Waals surface area contributed by atoms with Crippen LogP contribution >= 0.6 is 34.8 Å². The number of alkyl carbamates (subject to hydrolysis) is 1. The number of halogens is 6. The van der Waals surface area contributed by atoms with Crippen molar-refractivity contribution in [2.24, 2.45) is 5.41 Å². The Morgan fingerprint density at radius 1 is 1.22 bits per heavy atom. The molecule has 0 saturated carbocycles. The lowest BCUT2D eigenvalue weighted by Gasteiger charge is -2.39. The molecule has 1 atom stereocenters. The van der Waals surface area contributed by atoms with Crippen LogP contribution in [0.2, 0.25) is 0 Å². The lowest BCUT2D eigenvalue weighted by molar-refractivity contribution is -0.0436. The Bertz CT molecular complexity index is 1020. The molecule has 0 fully saturated rings. The highest BCUT2D eigenvalue weighted by atomic mass is 35.6. The molecule has 0 aromatic heterocycles. The third-order valence-electron chi connectivity index (χ3n) is 4.86. The van der Waals surface area contributed by atoms with Gasteiger partial charge < -0.3 is 4.74 Å². The number of nitrogens with one attached hydrogen (secondary N) is 2. The van der Waals surface area contributed by atoms with E-state index in [1.807, 2.05) is 20.8 Å². The molecule has 1 aromatic rings. The van der Waals surface area contributed by atoms with Crippen molar-refractivity contribution in [1.82, 2.24) is 10.7 Å². The largest absolute Gasteiger partial charge is 0.501 e. The van der Waals surface area contributed by atoms with E-state index in [0.717, 1.165) is 18.2 Å². The lowest BCUT2D eigenvalue weighted by Crippen LogP contribution is -2.53. The quantitative estimate of drug-likeness (QED) is 0.522. The molecular formula is C18H21Cl3F3N3O4S. The Balaban J connectivity index is 2.44. The smallest absolute Gasteiger partial charge is 0.445 e. The van der Waals surface area contributed by atoms with E-state index in [0.29, 0.717) is 0 Å².